The highest BCUT2D eigenvalue weighted by Gasteiger charge is 2.31. The van der Waals surface area contributed by atoms with E-state index in [2.05, 4.69) is 6.92 Å². The van der Waals surface area contributed by atoms with Crippen LogP contribution in [-0.4, -0.2) is 19.1 Å². The second-order valence-corrected chi connectivity index (χ2v) is 5.34. The van der Waals surface area contributed by atoms with Crippen molar-refractivity contribution in [3.63, 3.8) is 0 Å². The molecule has 1 aliphatic rings. The summed E-state index contributed by atoms with van der Waals surface area (Å²) in [6.07, 6.45) is 0.859. The number of nitrogens with two attached hydrogens (primary N) is 1. The fraction of sp³-hybridized carbons (Fsp3) is 0.235. The Morgan fingerprint density at radius 1 is 1.24 bits per heavy atom. The Hall–Kier alpha value is -2.49. The normalized spacial score (nSPS) is 16.7. The molecule has 0 aliphatic carbocycles. The lowest BCUT2D eigenvalue weighted by molar-refractivity contribution is 0.0981. The maximum absolute atomic E-state index is 12.8. The molecule has 0 radical (unpaired) electrons. The zero-order chi connectivity index (χ0) is 15.0. The molecule has 2 aromatic rings. The predicted octanol–water partition coefficient (Wildman–Crippen LogP) is 2.87. The zero-order valence-corrected chi connectivity index (χ0v) is 12.2. The lowest BCUT2D eigenvalue weighted by Gasteiger charge is -2.23. The van der Waals surface area contributed by atoms with E-state index in [4.69, 9.17) is 10.5 Å². The molecule has 2 aromatic carbocycles. The minimum absolute atomic E-state index is 0.00509. The van der Waals surface area contributed by atoms with Gasteiger partial charge in [0.15, 0.2) is 0 Å². The molecule has 0 saturated heterocycles. The zero-order valence-electron chi connectivity index (χ0n) is 12.2. The smallest absolute Gasteiger partial charge is 0.258 e. The van der Waals surface area contributed by atoms with Crippen LogP contribution in [0.2, 0.25) is 0 Å². The Morgan fingerprint density at radius 2 is 1.95 bits per heavy atom. The molecule has 0 aromatic heterocycles. The van der Waals surface area contributed by atoms with Crippen molar-refractivity contribution in [1.29, 1.82) is 0 Å². The van der Waals surface area contributed by atoms with Gasteiger partial charge in [-0.25, -0.2) is 0 Å². The Balaban J connectivity index is 1.96. The number of hydrogen-bond donors (Lipinski definition) is 1. The van der Waals surface area contributed by atoms with Crippen LogP contribution in [0.5, 0.6) is 5.75 Å². The van der Waals surface area contributed by atoms with Gasteiger partial charge in [-0.1, -0.05) is 6.07 Å². The third-order valence-electron chi connectivity index (χ3n) is 3.88. The summed E-state index contributed by atoms with van der Waals surface area (Å²) in [5.74, 6) is 0.736. The summed E-state index contributed by atoms with van der Waals surface area (Å²) < 4.78 is 5.13. The second-order valence-electron chi connectivity index (χ2n) is 5.34. The van der Waals surface area contributed by atoms with Crippen molar-refractivity contribution in [3.8, 4) is 5.75 Å². The molecule has 3 rings (SSSR count). The summed E-state index contributed by atoms with van der Waals surface area (Å²) >= 11 is 0. The minimum Gasteiger partial charge on any atom is -0.497 e. The van der Waals surface area contributed by atoms with Crippen LogP contribution in [0.1, 0.15) is 22.8 Å². The SMILES string of the molecule is COc1ccc(C(=O)N2c3cc(N)ccc3C[C@H]2C)cc1. The summed E-state index contributed by atoms with van der Waals surface area (Å²) in [5.41, 5.74) is 9.27. The largest absolute Gasteiger partial charge is 0.497 e. The predicted molar refractivity (Wildman–Crippen MR) is 83.8 cm³/mol. The van der Waals surface area contributed by atoms with Crippen molar-refractivity contribution in [3.05, 3.63) is 53.6 Å². The molecule has 108 valence electrons. The molecule has 1 amide bonds. The Morgan fingerprint density at radius 3 is 2.62 bits per heavy atom. The van der Waals surface area contributed by atoms with Crippen LogP contribution in [0, 0.1) is 0 Å². The maximum Gasteiger partial charge on any atom is 0.258 e. The van der Waals surface area contributed by atoms with E-state index in [1.807, 2.05) is 23.1 Å². The van der Waals surface area contributed by atoms with E-state index in [0.717, 1.165) is 17.9 Å². The van der Waals surface area contributed by atoms with Gasteiger partial charge in [0.2, 0.25) is 0 Å². The molecular weight excluding hydrogens is 264 g/mol. The molecule has 1 atom stereocenters. The van der Waals surface area contributed by atoms with Crippen LogP contribution in [-0.2, 0) is 6.42 Å². The van der Waals surface area contributed by atoms with Gasteiger partial charge in [0.05, 0.1) is 7.11 Å². The van der Waals surface area contributed by atoms with E-state index >= 15 is 0 Å². The fourth-order valence-electron chi connectivity index (χ4n) is 2.81. The van der Waals surface area contributed by atoms with E-state index in [0.29, 0.717) is 11.3 Å². The van der Waals surface area contributed by atoms with Gasteiger partial charge in [-0.3, -0.25) is 4.79 Å². The van der Waals surface area contributed by atoms with Gasteiger partial charge >= 0.3 is 0 Å². The average molecular weight is 282 g/mol. The van der Waals surface area contributed by atoms with Gasteiger partial charge in [-0.05, 0) is 55.3 Å². The molecular formula is C17H18N2O2. The highest BCUT2D eigenvalue weighted by atomic mass is 16.5. The van der Waals surface area contributed by atoms with Crippen LogP contribution in [0.15, 0.2) is 42.5 Å². The number of benzene rings is 2. The van der Waals surface area contributed by atoms with E-state index in [1.54, 1.807) is 31.4 Å². The first kappa shape index (κ1) is 13.5. The summed E-state index contributed by atoms with van der Waals surface area (Å²) in [6.45, 7) is 2.05. The van der Waals surface area contributed by atoms with Crippen molar-refractivity contribution >= 4 is 17.3 Å². The van der Waals surface area contributed by atoms with Gasteiger partial charge in [0, 0.05) is 23.0 Å². The van der Waals surface area contributed by atoms with Crippen LogP contribution in [0.25, 0.3) is 0 Å². The first-order valence-corrected chi connectivity index (χ1v) is 6.96. The van der Waals surface area contributed by atoms with Gasteiger partial charge in [-0.15, -0.1) is 0 Å². The molecule has 1 heterocycles. The molecule has 0 unspecified atom stereocenters. The molecule has 1 aliphatic heterocycles. The summed E-state index contributed by atoms with van der Waals surface area (Å²) in [4.78, 5) is 14.6. The summed E-state index contributed by atoms with van der Waals surface area (Å²) in [6, 6.07) is 13.1. The number of rotatable bonds is 2. The third kappa shape index (κ3) is 2.33. The maximum atomic E-state index is 12.8. The van der Waals surface area contributed by atoms with Crippen molar-refractivity contribution in [2.75, 3.05) is 17.7 Å². The average Bonchev–Trinajstić information content (AvgIpc) is 2.82. The number of nitrogens with zero attached hydrogens (tertiary/aromatic N) is 1. The molecule has 0 saturated carbocycles. The lowest BCUT2D eigenvalue weighted by Crippen LogP contribution is -2.35. The topological polar surface area (TPSA) is 55.6 Å². The van der Waals surface area contributed by atoms with E-state index < -0.39 is 0 Å². The molecule has 4 heteroatoms. The van der Waals surface area contributed by atoms with Crippen molar-refractivity contribution < 1.29 is 9.53 Å². The lowest BCUT2D eigenvalue weighted by atomic mass is 10.1. The Kier molecular flexibility index (Phi) is 3.29. The number of ether oxygens (including phenoxy) is 1. The van der Waals surface area contributed by atoms with Crippen LogP contribution in [0.4, 0.5) is 11.4 Å². The summed E-state index contributed by atoms with van der Waals surface area (Å²) in [5, 5.41) is 0. The highest BCUT2D eigenvalue weighted by molar-refractivity contribution is 6.08. The molecule has 2 N–H and O–H groups in total. The highest BCUT2D eigenvalue weighted by Crippen LogP contribution is 2.34. The molecule has 0 fully saturated rings. The first-order valence-electron chi connectivity index (χ1n) is 6.96. The Bertz CT molecular complexity index is 680. The molecule has 0 spiro atoms. The number of fused-ring (bicyclic) bond motifs is 1. The van der Waals surface area contributed by atoms with Crippen LogP contribution < -0.4 is 15.4 Å². The molecule has 4 nitrogen and oxygen atoms in total. The Labute approximate surface area is 124 Å². The molecule has 21 heavy (non-hydrogen) atoms. The van der Waals surface area contributed by atoms with Gasteiger partial charge < -0.3 is 15.4 Å². The first-order chi connectivity index (χ1) is 10.1. The number of hydrogen-bond acceptors (Lipinski definition) is 3. The van der Waals surface area contributed by atoms with Gasteiger partial charge in [-0.2, -0.15) is 0 Å². The standard InChI is InChI=1S/C17H18N2O2/c1-11-9-13-3-6-14(18)10-16(13)19(11)17(20)12-4-7-15(21-2)8-5-12/h3-8,10-11H,9,18H2,1-2H3/t11-/m1/s1. The van der Waals surface area contributed by atoms with Crippen molar-refractivity contribution in [2.24, 2.45) is 0 Å². The van der Waals surface area contributed by atoms with E-state index in [-0.39, 0.29) is 11.9 Å². The quantitative estimate of drug-likeness (QED) is 0.862. The van der Waals surface area contributed by atoms with Crippen LogP contribution >= 0.6 is 0 Å². The number of carbonyl (C=O) groups excluding carboxylic acids is 1. The van der Waals surface area contributed by atoms with Crippen LogP contribution in [0.3, 0.4) is 0 Å². The summed E-state index contributed by atoms with van der Waals surface area (Å²) in [7, 11) is 1.61. The van der Waals surface area contributed by atoms with Gasteiger partial charge in [0.25, 0.3) is 5.91 Å². The van der Waals surface area contributed by atoms with Crippen molar-refractivity contribution in [1.82, 2.24) is 0 Å². The molecule has 0 bridgehead atoms. The fourth-order valence-corrected chi connectivity index (χ4v) is 2.81. The van der Waals surface area contributed by atoms with Crippen molar-refractivity contribution in [2.45, 2.75) is 19.4 Å². The minimum atomic E-state index is -0.00509. The van der Waals surface area contributed by atoms with E-state index in [9.17, 15) is 4.79 Å². The number of carbonyl (C=O) groups is 1. The number of methoxy groups -OCH3 is 1. The van der Waals surface area contributed by atoms with Gasteiger partial charge in [0.1, 0.15) is 5.75 Å². The number of anilines is 2. The third-order valence-corrected chi connectivity index (χ3v) is 3.88. The second kappa shape index (κ2) is 5.13. The monoisotopic (exact) mass is 282 g/mol. The number of amides is 1. The van der Waals surface area contributed by atoms with E-state index in [1.165, 1.54) is 5.56 Å². The number of nitrogen functional groups attached to an aromatic ring is 1.